The average Bonchev–Trinajstić information content (AvgIpc) is 2.91. The van der Waals surface area contributed by atoms with Gasteiger partial charge in [0.05, 0.1) is 6.04 Å². The molecule has 1 N–H and O–H groups in total. The molecule has 0 bridgehead atoms. The van der Waals surface area contributed by atoms with Crippen molar-refractivity contribution in [3.8, 4) is 0 Å². The summed E-state index contributed by atoms with van der Waals surface area (Å²) < 4.78 is 2.59. The fraction of sp³-hybridized carbons (Fsp3) is 0.769. The van der Waals surface area contributed by atoms with Gasteiger partial charge in [0.2, 0.25) is 0 Å². The monoisotopic (exact) mass is 253 g/mol. The van der Waals surface area contributed by atoms with Gasteiger partial charge in [-0.25, -0.2) is 4.98 Å². The summed E-state index contributed by atoms with van der Waals surface area (Å²) in [7, 11) is 2.06. The summed E-state index contributed by atoms with van der Waals surface area (Å²) in [5.41, 5.74) is 0. The second-order valence-electron chi connectivity index (χ2n) is 4.97. The molecule has 1 fully saturated rings. The molecular weight excluding hydrogens is 230 g/mol. The van der Waals surface area contributed by atoms with Crippen molar-refractivity contribution in [3.05, 3.63) is 18.2 Å². The van der Waals surface area contributed by atoms with Crippen LogP contribution in [0, 0.1) is 0 Å². The van der Waals surface area contributed by atoms with E-state index in [2.05, 4.69) is 53.7 Å². The zero-order valence-electron chi connectivity index (χ0n) is 11.1. The lowest BCUT2D eigenvalue weighted by molar-refractivity contribution is 0.406. The normalized spacial score (nSPS) is 26.3. The van der Waals surface area contributed by atoms with E-state index in [0.29, 0.717) is 10.8 Å². The van der Waals surface area contributed by atoms with Crippen molar-refractivity contribution in [2.75, 3.05) is 12.8 Å². The molecule has 17 heavy (non-hydrogen) atoms. The Bertz CT molecular complexity index is 355. The predicted molar refractivity (Wildman–Crippen MR) is 74.4 cm³/mol. The average molecular weight is 253 g/mol. The summed E-state index contributed by atoms with van der Waals surface area (Å²) in [5.74, 6) is 2.48. The van der Waals surface area contributed by atoms with Gasteiger partial charge in [-0.2, -0.15) is 11.8 Å². The minimum atomic E-state index is 0.297. The smallest absolute Gasteiger partial charge is 0.127 e. The second kappa shape index (κ2) is 5.44. The highest BCUT2D eigenvalue weighted by Crippen LogP contribution is 2.46. The number of hydrogen-bond acceptors (Lipinski definition) is 3. The maximum Gasteiger partial charge on any atom is 0.127 e. The summed E-state index contributed by atoms with van der Waals surface area (Å²) in [5, 5.41) is 3.48. The molecule has 1 saturated heterocycles. The van der Waals surface area contributed by atoms with Gasteiger partial charge in [-0.15, -0.1) is 0 Å². The van der Waals surface area contributed by atoms with E-state index >= 15 is 0 Å². The van der Waals surface area contributed by atoms with Crippen molar-refractivity contribution >= 4 is 11.8 Å². The third-order valence-corrected chi connectivity index (χ3v) is 5.21. The highest BCUT2D eigenvalue weighted by atomic mass is 32.2. The molecule has 0 aromatic carbocycles. The van der Waals surface area contributed by atoms with Crippen molar-refractivity contribution in [1.29, 1.82) is 0 Å². The van der Waals surface area contributed by atoms with Crippen molar-refractivity contribution in [3.63, 3.8) is 0 Å². The first kappa shape index (κ1) is 13.0. The first-order chi connectivity index (χ1) is 8.21. The van der Waals surface area contributed by atoms with E-state index in [0.717, 1.165) is 13.0 Å². The Morgan fingerprint density at radius 1 is 1.65 bits per heavy atom. The third-order valence-electron chi connectivity index (χ3n) is 3.62. The quantitative estimate of drug-likeness (QED) is 0.875. The van der Waals surface area contributed by atoms with Gasteiger partial charge in [-0.1, -0.05) is 6.92 Å². The molecule has 1 aliphatic rings. The molecule has 0 saturated carbocycles. The summed E-state index contributed by atoms with van der Waals surface area (Å²) >= 11 is 2.09. The minimum absolute atomic E-state index is 0.297. The molecule has 1 aliphatic heterocycles. The molecule has 2 atom stereocenters. The zero-order valence-corrected chi connectivity index (χ0v) is 11.9. The lowest BCUT2D eigenvalue weighted by Crippen LogP contribution is -2.37. The van der Waals surface area contributed by atoms with Crippen molar-refractivity contribution in [2.45, 2.75) is 50.4 Å². The van der Waals surface area contributed by atoms with E-state index in [1.165, 1.54) is 24.4 Å². The van der Waals surface area contributed by atoms with E-state index in [1.54, 1.807) is 0 Å². The molecule has 96 valence electrons. The molecule has 0 radical (unpaired) electrons. The van der Waals surface area contributed by atoms with Gasteiger partial charge in [0.15, 0.2) is 0 Å². The maximum absolute atomic E-state index is 4.58. The SMILES string of the molecule is CCCn1ccnc1C(NC)C1(C)CCCS1. The van der Waals surface area contributed by atoms with E-state index in [9.17, 15) is 0 Å². The van der Waals surface area contributed by atoms with Gasteiger partial charge < -0.3 is 9.88 Å². The summed E-state index contributed by atoms with van der Waals surface area (Å²) in [6, 6.07) is 0.358. The largest absolute Gasteiger partial charge is 0.334 e. The number of rotatable bonds is 5. The topological polar surface area (TPSA) is 29.9 Å². The van der Waals surface area contributed by atoms with Crippen LogP contribution in [0.4, 0.5) is 0 Å². The van der Waals surface area contributed by atoms with Gasteiger partial charge in [-0.3, -0.25) is 0 Å². The Balaban J connectivity index is 2.25. The third kappa shape index (κ3) is 2.52. The minimum Gasteiger partial charge on any atom is -0.334 e. The Labute approximate surface area is 108 Å². The van der Waals surface area contributed by atoms with Gasteiger partial charge >= 0.3 is 0 Å². The summed E-state index contributed by atoms with van der Waals surface area (Å²) in [4.78, 5) is 4.58. The van der Waals surface area contributed by atoms with Crippen LogP contribution in [0.25, 0.3) is 0 Å². The molecule has 2 heterocycles. The van der Waals surface area contributed by atoms with Gasteiger partial charge in [0.1, 0.15) is 5.82 Å². The van der Waals surface area contributed by atoms with Gasteiger partial charge in [-0.05, 0) is 39.0 Å². The molecule has 2 unspecified atom stereocenters. The number of aromatic nitrogens is 2. The number of imidazole rings is 1. The first-order valence-corrected chi connectivity index (χ1v) is 7.52. The number of aryl methyl sites for hydroxylation is 1. The molecule has 3 nitrogen and oxygen atoms in total. The highest BCUT2D eigenvalue weighted by molar-refractivity contribution is 8.00. The molecule has 4 heteroatoms. The summed E-state index contributed by atoms with van der Waals surface area (Å²) in [6.45, 7) is 5.65. The van der Waals surface area contributed by atoms with Crippen LogP contribution in [0.2, 0.25) is 0 Å². The molecule has 1 aromatic heterocycles. The molecule has 0 spiro atoms. The van der Waals surface area contributed by atoms with Crippen LogP contribution < -0.4 is 5.32 Å². The van der Waals surface area contributed by atoms with E-state index in [1.807, 2.05) is 6.20 Å². The molecule has 0 amide bonds. The maximum atomic E-state index is 4.58. The van der Waals surface area contributed by atoms with E-state index < -0.39 is 0 Å². The standard InChI is InChI=1S/C13H23N3S/c1-4-8-16-9-7-15-12(16)11(14-3)13(2)6-5-10-17-13/h7,9,11,14H,4-6,8,10H2,1-3H3. The fourth-order valence-electron chi connectivity index (χ4n) is 2.75. The zero-order chi connectivity index (χ0) is 12.3. The lowest BCUT2D eigenvalue weighted by Gasteiger charge is -2.33. The Morgan fingerprint density at radius 3 is 3.06 bits per heavy atom. The number of nitrogens with one attached hydrogen (secondary N) is 1. The second-order valence-corrected chi connectivity index (χ2v) is 6.59. The van der Waals surface area contributed by atoms with E-state index in [-0.39, 0.29) is 0 Å². The van der Waals surface area contributed by atoms with Crippen LogP contribution in [0.3, 0.4) is 0 Å². The van der Waals surface area contributed by atoms with Crippen LogP contribution in [0.15, 0.2) is 12.4 Å². The Morgan fingerprint density at radius 2 is 2.47 bits per heavy atom. The van der Waals surface area contributed by atoms with Crippen molar-refractivity contribution < 1.29 is 0 Å². The first-order valence-electron chi connectivity index (χ1n) is 6.53. The number of hydrogen-bond donors (Lipinski definition) is 1. The molecule has 0 aliphatic carbocycles. The molecule has 1 aromatic rings. The molecule has 2 rings (SSSR count). The van der Waals surface area contributed by atoms with Crippen LogP contribution >= 0.6 is 11.8 Å². The number of thioether (sulfide) groups is 1. The Hall–Kier alpha value is -0.480. The fourth-order valence-corrected chi connectivity index (χ4v) is 4.18. The van der Waals surface area contributed by atoms with Crippen molar-refractivity contribution in [2.24, 2.45) is 0 Å². The molecular formula is C13H23N3S. The summed E-state index contributed by atoms with van der Waals surface area (Å²) in [6.07, 6.45) is 7.80. The lowest BCUT2D eigenvalue weighted by atomic mass is 9.95. The predicted octanol–water partition coefficient (Wildman–Crippen LogP) is 2.84. The highest BCUT2D eigenvalue weighted by Gasteiger charge is 2.39. The van der Waals surface area contributed by atoms with Crippen molar-refractivity contribution in [1.82, 2.24) is 14.9 Å². The van der Waals surface area contributed by atoms with Crippen LogP contribution in [0.5, 0.6) is 0 Å². The van der Waals surface area contributed by atoms with Gasteiger partial charge in [0, 0.05) is 23.7 Å². The van der Waals surface area contributed by atoms with Gasteiger partial charge in [0.25, 0.3) is 0 Å². The number of nitrogens with zero attached hydrogens (tertiary/aromatic N) is 2. The van der Waals surface area contributed by atoms with Crippen LogP contribution in [-0.4, -0.2) is 27.1 Å². The van der Waals surface area contributed by atoms with Crippen LogP contribution in [-0.2, 0) is 6.54 Å². The Kier molecular flexibility index (Phi) is 4.15. The van der Waals surface area contributed by atoms with E-state index in [4.69, 9.17) is 0 Å². The van der Waals surface area contributed by atoms with Crippen LogP contribution in [0.1, 0.15) is 45.0 Å².